The van der Waals surface area contributed by atoms with E-state index in [1.807, 2.05) is 0 Å². The zero-order valence-corrected chi connectivity index (χ0v) is 13.3. The van der Waals surface area contributed by atoms with Crippen molar-refractivity contribution in [2.24, 2.45) is 17.8 Å². The summed E-state index contributed by atoms with van der Waals surface area (Å²) < 4.78 is 6.08. The topological polar surface area (TPSA) is 59.4 Å². The molecule has 1 aliphatic rings. The fourth-order valence-electron chi connectivity index (χ4n) is 3.28. The van der Waals surface area contributed by atoms with Crippen LogP contribution in [0.15, 0.2) is 12.3 Å². The lowest BCUT2D eigenvalue weighted by molar-refractivity contribution is 0.0403. The van der Waals surface area contributed by atoms with Crippen LogP contribution in [0.2, 0.25) is 0 Å². The number of hydrogen-bond donors (Lipinski definition) is 1. The largest absolute Gasteiger partial charge is 0.477 e. The van der Waals surface area contributed by atoms with E-state index in [0.717, 1.165) is 12.8 Å². The molecule has 116 valence electrons. The van der Waals surface area contributed by atoms with Gasteiger partial charge in [-0.25, -0.2) is 9.78 Å². The Morgan fingerprint density at radius 1 is 1.43 bits per heavy atom. The van der Waals surface area contributed by atoms with Crippen molar-refractivity contribution in [2.45, 2.75) is 53.1 Å². The van der Waals surface area contributed by atoms with Crippen LogP contribution < -0.4 is 4.74 Å². The van der Waals surface area contributed by atoms with Gasteiger partial charge in [0.05, 0.1) is 0 Å². The van der Waals surface area contributed by atoms with E-state index in [4.69, 9.17) is 4.74 Å². The van der Waals surface area contributed by atoms with Gasteiger partial charge in [0.1, 0.15) is 11.7 Å². The summed E-state index contributed by atoms with van der Waals surface area (Å²) in [7, 11) is 0. The van der Waals surface area contributed by atoms with E-state index in [1.54, 1.807) is 19.2 Å². The second-order valence-corrected chi connectivity index (χ2v) is 6.60. The normalized spacial score (nSPS) is 25.9. The Morgan fingerprint density at radius 3 is 2.76 bits per heavy atom. The molecule has 3 atom stereocenters. The van der Waals surface area contributed by atoms with Crippen LogP contribution in [0.1, 0.15) is 56.0 Å². The fraction of sp³-hybridized carbons (Fsp3) is 0.647. The molecule has 1 fully saturated rings. The highest BCUT2D eigenvalue weighted by Gasteiger charge is 2.33. The Balaban J connectivity index is 2.27. The van der Waals surface area contributed by atoms with Crippen LogP contribution in [0.3, 0.4) is 0 Å². The van der Waals surface area contributed by atoms with E-state index in [-0.39, 0.29) is 17.5 Å². The lowest BCUT2D eigenvalue weighted by Crippen LogP contribution is -2.37. The van der Waals surface area contributed by atoms with Crippen molar-refractivity contribution in [3.8, 4) is 5.88 Å². The van der Waals surface area contributed by atoms with Crippen molar-refractivity contribution >= 4 is 5.97 Å². The molecule has 1 aromatic rings. The average Bonchev–Trinajstić information content (AvgIpc) is 2.37. The van der Waals surface area contributed by atoms with Gasteiger partial charge >= 0.3 is 5.97 Å². The summed E-state index contributed by atoms with van der Waals surface area (Å²) in [6.07, 6.45) is 5.00. The number of rotatable bonds is 4. The predicted octanol–water partition coefficient (Wildman–Crippen LogP) is 3.93. The molecule has 4 nitrogen and oxygen atoms in total. The predicted molar refractivity (Wildman–Crippen MR) is 81.7 cm³/mol. The Hall–Kier alpha value is -1.58. The van der Waals surface area contributed by atoms with E-state index >= 15 is 0 Å². The van der Waals surface area contributed by atoms with Crippen LogP contribution in [0.25, 0.3) is 0 Å². The number of aromatic carboxylic acids is 1. The first-order valence-corrected chi connectivity index (χ1v) is 7.75. The van der Waals surface area contributed by atoms with E-state index in [0.29, 0.717) is 23.3 Å². The molecule has 0 aliphatic heterocycles. The van der Waals surface area contributed by atoms with Gasteiger partial charge in [0, 0.05) is 6.20 Å². The maximum Gasteiger partial charge on any atom is 0.341 e. The summed E-state index contributed by atoms with van der Waals surface area (Å²) in [5.74, 6) is 0.904. The van der Waals surface area contributed by atoms with Gasteiger partial charge in [0.2, 0.25) is 5.88 Å². The van der Waals surface area contributed by atoms with Crippen LogP contribution >= 0.6 is 0 Å². The van der Waals surface area contributed by atoms with Crippen molar-refractivity contribution in [1.29, 1.82) is 0 Å². The second kappa shape index (κ2) is 6.46. The lowest BCUT2D eigenvalue weighted by Gasteiger charge is -2.37. The monoisotopic (exact) mass is 291 g/mol. The summed E-state index contributed by atoms with van der Waals surface area (Å²) in [5, 5.41) is 9.38. The van der Waals surface area contributed by atoms with Gasteiger partial charge < -0.3 is 9.84 Å². The molecule has 2 rings (SSSR count). The molecular formula is C17H25NO3. The molecule has 1 heterocycles. The quantitative estimate of drug-likeness (QED) is 0.913. The van der Waals surface area contributed by atoms with Gasteiger partial charge in [-0.2, -0.15) is 0 Å². The smallest absolute Gasteiger partial charge is 0.341 e. The minimum atomic E-state index is -0.972. The maximum atomic E-state index is 11.4. The molecule has 0 bridgehead atoms. The van der Waals surface area contributed by atoms with Crippen LogP contribution in [-0.2, 0) is 0 Å². The molecule has 3 unspecified atom stereocenters. The molecule has 0 spiro atoms. The summed E-state index contributed by atoms with van der Waals surface area (Å²) in [6.45, 7) is 8.42. The van der Waals surface area contributed by atoms with Crippen LogP contribution in [0.5, 0.6) is 5.88 Å². The number of aromatic nitrogens is 1. The first kappa shape index (κ1) is 15.8. The van der Waals surface area contributed by atoms with Crippen molar-refractivity contribution < 1.29 is 14.6 Å². The molecule has 0 amide bonds. The van der Waals surface area contributed by atoms with Crippen molar-refractivity contribution in [1.82, 2.24) is 4.98 Å². The molecular weight excluding hydrogens is 266 g/mol. The van der Waals surface area contributed by atoms with E-state index in [2.05, 4.69) is 25.8 Å². The number of hydrogen-bond acceptors (Lipinski definition) is 3. The number of pyridine rings is 1. The third-order valence-electron chi connectivity index (χ3n) is 4.56. The van der Waals surface area contributed by atoms with Gasteiger partial charge in [-0.3, -0.25) is 0 Å². The zero-order valence-electron chi connectivity index (χ0n) is 13.3. The number of carboxylic acid groups (broad SMARTS) is 1. The fourth-order valence-corrected chi connectivity index (χ4v) is 3.28. The molecule has 1 aromatic heterocycles. The summed E-state index contributed by atoms with van der Waals surface area (Å²) in [5.41, 5.74) is 0.885. The van der Waals surface area contributed by atoms with Gasteiger partial charge in [0.15, 0.2) is 0 Å². The average molecular weight is 291 g/mol. The molecule has 1 aliphatic carbocycles. The molecule has 0 saturated heterocycles. The molecule has 0 radical (unpaired) electrons. The number of carbonyl (C=O) groups is 1. The molecule has 1 N–H and O–H groups in total. The Kier molecular flexibility index (Phi) is 4.86. The minimum absolute atomic E-state index is 0.0566. The summed E-state index contributed by atoms with van der Waals surface area (Å²) >= 11 is 0. The van der Waals surface area contributed by atoms with E-state index < -0.39 is 5.97 Å². The van der Waals surface area contributed by atoms with Crippen LogP contribution in [0.4, 0.5) is 0 Å². The Labute approximate surface area is 126 Å². The SMILES string of the molecule is Cc1ccnc(OC2CC(C)CCC2C(C)C)c1C(=O)O. The molecule has 1 saturated carbocycles. The first-order chi connectivity index (χ1) is 9.90. The van der Waals surface area contributed by atoms with Gasteiger partial charge in [-0.15, -0.1) is 0 Å². The van der Waals surface area contributed by atoms with E-state index in [9.17, 15) is 9.90 Å². The zero-order chi connectivity index (χ0) is 15.6. The highest BCUT2D eigenvalue weighted by Crippen LogP contribution is 2.36. The molecule has 4 heteroatoms. The van der Waals surface area contributed by atoms with Crippen molar-refractivity contribution in [2.75, 3.05) is 0 Å². The molecule has 21 heavy (non-hydrogen) atoms. The van der Waals surface area contributed by atoms with Gasteiger partial charge in [-0.05, 0) is 49.1 Å². The van der Waals surface area contributed by atoms with Crippen molar-refractivity contribution in [3.05, 3.63) is 23.4 Å². The maximum absolute atomic E-state index is 11.4. The Bertz CT molecular complexity index is 513. The van der Waals surface area contributed by atoms with Crippen LogP contribution in [-0.4, -0.2) is 22.2 Å². The standard InChI is InChI=1S/C17H25NO3/c1-10(2)13-6-5-11(3)9-14(13)21-16-15(17(19)20)12(4)7-8-18-16/h7-8,10-11,13-14H,5-6,9H2,1-4H3,(H,19,20). The third-order valence-corrected chi connectivity index (χ3v) is 4.56. The minimum Gasteiger partial charge on any atom is -0.477 e. The Morgan fingerprint density at radius 2 is 2.14 bits per heavy atom. The van der Waals surface area contributed by atoms with E-state index in [1.165, 1.54) is 6.42 Å². The number of aryl methyl sites for hydroxylation is 1. The first-order valence-electron chi connectivity index (χ1n) is 7.75. The van der Waals surface area contributed by atoms with Gasteiger partial charge in [0.25, 0.3) is 0 Å². The second-order valence-electron chi connectivity index (χ2n) is 6.60. The number of ether oxygens (including phenoxy) is 1. The van der Waals surface area contributed by atoms with Crippen LogP contribution in [0, 0.1) is 24.7 Å². The number of nitrogens with zero attached hydrogens (tertiary/aromatic N) is 1. The number of carboxylic acids is 1. The highest BCUT2D eigenvalue weighted by molar-refractivity contribution is 5.91. The highest BCUT2D eigenvalue weighted by atomic mass is 16.5. The van der Waals surface area contributed by atoms with Crippen molar-refractivity contribution in [3.63, 3.8) is 0 Å². The van der Waals surface area contributed by atoms with Gasteiger partial charge in [-0.1, -0.05) is 27.2 Å². The summed E-state index contributed by atoms with van der Waals surface area (Å²) in [4.78, 5) is 15.6. The summed E-state index contributed by atoms with van der Waals surface area (Å²) in [6, 6.07) is 1.71. The molecule has 0 aromatic carbocycles. The lowest BCUT2D eigenvalue weighted by atomic mass is 9.75. The third kappa shape index (κ3) is 3.55.